The summed E-state index contributed by atoms with van der Waals surface area (Å²) in [6, 6.07) is 1.72. The zero-order valence-electron chi connectivity index (χ0n) is 9.86. The van der Waals surface area contributed by atoms with Crippen molar-refractivity contribution in [3.63, 3.8) is 0 Å². The summed E-state index contributed by atoms with van der Waals surface area (Å²) < 4.78 is 6.63. The zero-order valence-corrected chi connectivity index (χ0v) is 9.86. The second kappa shape index (κ2) is 4.96. The van der Waals surface area contributed by atoms with Gasteiger partial charge in [-0.05, 0) is 13.8 Å². The number of aryl methyl sites for hydroxylation is 1. The van der Waals surface area contributed by atoms with Gasteiger partial charge < -0.3 is 10.1 Å². The molecule has 0 aliphatic carbocycles. The second-order valence-corrected chi connectivity index (χ2v) is 3.53. The minimum atomic E-state index is -0.272. The number of H-pyrrole nitrogens is 1. The molecule has 0 saturated carbocycles. The zero-order chi connectivity index (χ0) is 12.3. The maximum Gasteiger partial charge on any atom is 0.349 e. The summed E-state index contributed by atoms with van der Waals surface area (Å²) in [4.78, 5) is 15.6. The van der Waals surface area contributed by atoms with E-state index >= 15 is 0 Å². The SMILES string of the molecule is CCOCCNc1cc2n[nH]c(=O)n2c(C)n1. The van der Waals surface area contributed by atoms with Gasteiger partial charge in [0.2, 0.25) is 0 Å². The van der Waals surface area contributed by atoms with E-state index in [1.807, 2.05) is 6.92 Å². The van der Waals surface area contributed by atoms with E-state index in [4.69, 9.17) is 4.74 Å². The molecule has 0 unspecified atom stereocenters. The molecule has 0 atom stereocenters. The van der Waals surface area contributed by atoms with Crippen molar-refractivity contribution in [3.05, 3.63) is 22.4 Å². The number of fused-ring (bicyclic) bond motifs is 1. The molecule has 2 aromatic heterocycles. The van der Waals surface area contributed by atoms with Crippen molar-refractivity contribution < 1.29 is 4.74 Å². The van der Waals surface area contributed by atoms with Gasteiger partial charge in [-0.15, -0.1) is 0 Å². The molecule has 2 aromatic rings. The van der Waals surface area contributed by atoms with Crippen LogP contribution in [-0.2, 0) is 4.74 Å². The minimum absolute atomic E-state index is 0.272. The molecule has 0 aromatic carbocycles. The molecule has 0 spiro atoms. The first-order chi connectivity index (χ1) is 8.22. The molecule has 0 saturated heterocycles. The molecule has 0 fully saturated rings. The van der Waals surface area contributed by atoms with Gasteiger partial charge >= 0.3 is 5.69 Å². The van der Waals surface area contributed by atoms with E-state index in [1.165, 1.54) is 4.40 Å². The van der Waals surface area contributed by atoms with Crippen LogP contribution in [0.2, 0.25) is 0 Å². The van der Waals surface area contributed by atoms with Gasteiger partial charge in [-0.2, -0.15) is 5.10 Å². The Morgan fingerprint density at radius 2 is 2.41 bits per heavy atom. The highest BCUT2D eigenvalue weighted by molar-refractivity contribution is 5.49. The molecule has 2 heterocycles. The van der Waals surface area contributed by atoms with Gasteiger partial charge in [0.15, 0.2) is 5.65 Å². The van der Waals surface area contributed by atoms with Crippen molar-refractivity contribution in [1.29, 1.82) is 0 Å². The van der Waals surface area contributed by atoms with Crippen LogP contribution in [0.1, 0.15) is 12.7 Å². The largest absolute Gasteiger partial charge is 0.380 e. The number of aromatic amines is 1. The molecule has 0 aliphatic rings. The Morgan fingerprint density at radius 1 is 1.59 bits per heavy atom. The molecule has 0 aliphatic heterocycles. The van der Waals surface area contributed by atoms with Gasteiger partial charge in [0.25, 0.3) is 0 Å². The van der Waals surface area contributed by atoms with Crippen molar-refractivity contribution in [2.75, 3.05) is 25.1 Å². The Morgan fingerprint density at radius 3 is 3.18 bits per heavy atom. The topological polar surface area (TPSA) is 84.3 Å². The van der Waals surface area contributed by atoms with Crippen LogP contribution in [0.5, 0.6) is 0 Å². The lowest BCUT2D eigenvalue weighted by atomic mass is 10.5. The van der Waals surface area contributed by atoms with Crippen molar-refractivity contribution in [1.82, 2.24) is 19.6 Å². The summed E-state index contributed by atoms with van der Waals surface area (Å²) in [6.45, 7) is 5.70. The van der Waals surface area contributed by atoms with Crippen LogP contribution in [0.25, 0.3) is 5.65 Å². The number of hydrogen-bond acceptors (Lipinski definition) is 5. The second-order valence-electron chi connectivity index (χ2n) is 3.53. The van der Waals surface area contributed by atoms with E-state index in [0.717, 1.165) is 0 Å². The van der Waals surface area contributed by atoms with E-state index in [2.05, 4.69) is 20.5 Å². The van der Waals surface area contributed by atoms with Crippen LogP contribution < -0.4 is 11.0 Å². The first-order valence-corrected chi connectivity index (χ1v) is 5.48. The van der Waals surface area contributed by atoms with Crippen LogP contribution in [0.4, 0.5) is 5.82 Å². The fourth-order valence-corrected chi connectivity index (χ4v) is 1.58. The molecular weight excluding hydrogens is 222 g/mol. The Balaban J connectivity index is 2.16. The average Bonchev–Trinajstić information content (AvgIpc) is 2.67. The van der Waals surface area contributed by atoms with Gasteiger partial charge in [0.05, 0.1) is 6.61 Å². The molecule has 2 rings (SSSR count). The molecule has 92 valence electrons. The first-order valence-electron chi connectivity index (χ1n) is 5.48. The van der Waals surface area contributed by atoms with Crippen LogP contribution in [0, 0.1) is 6.92 Å². The maximum absolute atomic E-state index is 11.4. The molecular formula is C10H15N5O2. The van der Waals surface area contributed by atoms with Gasteiger partial charge in [0, 0.05) is 19.2 Å². The third-order valence-electron chi connectivity index (χ3n) is 2.33. The van der Waals surface area contributed by atoms with Crippen LogP contribution >= 0.6 is 0 Å². The van der Waals surface area contributed by atoms with Crippen molar-refractivity contribution in [2.45, 2.75) is 13.8 Å². The predicted octanol–water partition coefficient (Wildman–Crippen LogP) is 0.174. The Hall–Kier alpha value is -1.89. The fraction of sp³-hybridized carbons (Fsp3) is 0.500. The minimum Gasteiger partial charge on any atom is -0.380 e. The highest BCUT2D eigenvalue weighted by atomic mass is 16.5. The number of rotatable bonds is 5. The number of aromatic nitrogens is 4. The van der Waals surface area contributed by atoms with Crippen LogP contribution in [0.3, 0.4) is 0 Å². The quantitative estimate of drug-likeness (QED) is 0.724. The maximum atomic E-state index is 11.4. The number of nitrogens with one attached hydrogen (secondary N) is 2. The van der Waals surface area contributed by atoms with Gasteiger partial charge in [-0.25, -0.2) is 19.3 Å². The Labute approximate surface area is 97.8 Å². The Bertz CT molecular complexity index is 559. The lowest BCUT2D eigenvalue weighted by Crippen LogP contribution is -2.15. The fourth-order valence-electron chi connectivity index (χ4n) is 1.58. The first kappa shape index (κ1) is 11.6. The molecule has 7 heteroatoms. The van der Waals surface area contributed by atoms with Crippen LogP contribution in [0.15, 0.2) is 10.9 Å². The number of anilines is 1. The lowest BCUT2D eigenvalue weighted by Gasteiger charge is -2.06. The summed E-state index contributed by atoms with van der Waals surface area (Å²) in [5.74, 6) is 1.29. The van der Waals surface area contributed by atoms with Crippen molar-refractivity contribution >= 4 is 11.5 Å². The number of nitrogens with zero attached hydrogens (tertiary/aromatic N) is 3. The molecule has 0 bridgehead atoms. The smallest absolute Gasteiger partial charge is 0.349 e. The third-order valence-corrected chi connectivity index (χ3v) is 2.33. The molecule has 2 N–H and O–H groups in total. The normalized spacial score (nSPS) is 10.9. The highest BCUT2D eigenvalue weighted by Gasteiger charge is 2.06. The summed E-state index contributed by atoms with van der Waals surface area (Å²) in [5.41, 5.74) is 0.285. The van der Waals surface area contributed by atoms with Crippen molar-refractivity contribution in [2.24, 2.45) is 0 Å². The van der Waals surface area contributed by atoms with Gasteiger partial charge in [-0.3, -0.25) is 0 Å². The van der Waals surface area contributed by atoms with E-state index in [9.17, 15) is 4.79 Å². The number of hydrogen-bond donors (Lipinski definition) is 2. The highest BCUT2D eigenvalue weighted by Crippen LogP contribution is 2.07. The molecule has 17 heavy (non-hydrogen) atoms. The molecule has 0 amide bonds. The van der Waals surface area contributed by atoms with Crippen molar-refractivity contribution in [3.8, 4) is 0 Å². The van der Waals surface area contributed by atoms with Gasteiger partial charge in [0.1, 0.15) is 11.6 Å². The van der Waals surface area contributed by atoms with Gasteiger partial charge in [-0.1, -0.05) is 0 Å². The summed E-state index contributed by atoms with van der Waals surface area (Å²) in [7, 11) is 0. The van der Waals surface area contributed by atoms with E-state index in [1.54, 1.807) is 13.0 Å². The average molecular weight is 237 g/mol. The lowest BCUT2D eigenvalue weighted by molar-refractivity contribution is 0.158. The summed E-state index contributed by atoms with van der Waals surface area (Å²) in [6.07, 6.45) is 0. The molecule has 7 nitrogen and oxygen atoms in total. The monoisotopic (exact) mass is 237 g/mol. The molecule has 0 radical (unpaired) electrons. The van der Waals surface area contributed by atoms with E-state index in [-0.39, 0.29) is 5.69 Å². The summed E-state index contributed by atoms with van der Waals surface area (Å²) >= 11 is 0. The van der Waals surface area contributed by atoms with Crippen LogP contribution in [-0.4, -0.2) is 39.3 Å². The summed E-state index contributed by atoms with van der Waals surface area (Å²) in [5, 5.41) is 9.40. The number of ether oxygens (including phenoxy) is 1. The Kier molecular flexibility index (Phi) is 3.38. The van der Waals surface area contributed by atoms with E-state index in [0.29, 0.717) is 37.0 Å². The third kappa shape index (κ3) is 2.44. The standard InChI is InChI=1S/C10H15N5O2/c1-3-17-5-4-11-8-6-9-13-14-10(16)15(9)7(2)12-8/h6,11H,3-5H2,1-2H3,(H,14,16). The predicted molar refractivity (Wildman–Crippen MR) is 63.3 cm³/mol. The van der Waals surface area contributed by atoms with E-state index < -0.39 is 0 Å².